The molecule has 0 aromatic carbocycles. The van der Waals surface area contributed by atoms with E-state index in [0.717, 1.165) is 12.8 Å². The number of hydrogen-bond acceptors (Lipinski definition) is 5. The molecule has 1 heterocycles. The third kappa shape index (κ3) is 4.40. The molecule has 21 heavy (non-hydrogen) atoms. The van der Waals surface area contributed by atoms with Gasteiger partial charge in [-0.3, -0.25) is 0 Å². The van der Waals surface area contributed by atoms with Crippen LogP contribution in [0.2, 0.25) is 0 Å². The van der Waals surface area contributed by atoms with Gasteiger partial charge >= 0.3 is 12.0 Å². The molecule has 1 aromatic rings. The molecule has 0 aliphatic heterocycles. The average molecular weight is 313 g/mol. The second-order valence-corrected chi connectivity index (χ2v) is 6.23. The maximum Gasteiger partial charge on any atom is 0.355 e. The van der Waals surface area contributed by atoms with Gasteiger partial charge in [0.2, 0.25) is 0 Å². The highest BCUT2D eigenvalue weighted by Crippen LogP contribution is 2.27. The first-order valence-corrected chi connectivity index (χ1v) is 7.68. The molecule has 0 atom stereocenters. The predicted octanol–water partition coefficient (Wildman–Crippen LogP) is 0.796. The number of aliphatic hydroxyl groups excluding tert-OH is 1. The number of hydrogen-bond donors (Lipinski definition) is 3. The molecule has 0 spiro atoms. The molecule has 1 aliphatic rings. The van der Waals surface area contributed by atoms with Crippen LogP contribution in [0.4, 0.5) is 4.79 Å². The minimum Gasteiger partial charge on any atom is -0.476 e. The van der Waals surface area contributed by atoms with Gasteiger partial charge in [-0.05, 0) is 18.8 Å². The molecular weight excluding hydrogens is 294 g/mol. The first-order valence-electron chi connectivity index (χ1n) is 6.80. The van der Waals surface area contributed by atoms with Gasteiger partial charge < -0.3 is 20.4 Å². The monoisotopic (exact) mass is 313 g/mol. The summed E-state index contributed by atoms with van der Waals surface area (Å²) < 4.78 is 0. The van der Waals surface area contributed by atoms with Crippen LogP contribution in [-0.2, 0) is 6.42 Å². The summed E-state index contributed by atoms with van der Waals surface area (Å²) in [4.78, 5) is 28.1. The maximum atomic E-state index is 11.8. The van der Waals surface area contributed by atoms with E-state index in [9.17, 15) is 14.7 Å². The van der Waals surface area contributed by atoms with Crippen molar-refractivity contribution in [2.75, 3.05) is 20.1 Å². The van der Waals surface area contributed by atoms with E-state index in [1.165, 1.54) is 16.7 Å². The van der Waals surface area contributed by atoms with E-state index in [0.29, 0.717) is 30.4 Å². The largest absolute Gasteiger partial charge is 0.476 e. The van der Waals surface area contributed by atoms with E-state index in [1.54, 1.807) is 11.9 Å². The Morgan fingerprint density at radius 3 is 2.81 bits per heavy atom. The molecule has 0 unspecified atom stereocenters. The number of thiazole rings is 1. The van der Waals surface area contributed by atoms with Crippen molar-refractivity contribution in [3.8, 4) is 0 Å². The van der Waals surface area contributed by atoms with Crippen LogP contribution in [0.5, 0.6) is 0 Å². The Kier molecular flexibility index (Phi) is 5.13. The topological polar surface area (TPSA) is 103 Å². The summed E-state index contributed by atoms with van der Waals surface area (Å²) in [6.07, 6.45) is 1.82. The summed E-state index contributed by atoms with van der Waals surface area (Å²) in [7, 11) is 1.73. The van der Waals surface area contributed by atoms with Gasteiger partial charge in [-0.2, -0.15) is 0 Å². The van der Waals surface area contributed by atoms with Gasteiger partial charge in [-0.25, -0.2) is 14.6 Å². The van der Waals surface area contributed by atoms with Gasteiger partial charge in [-0.15, -0.1) is 11.3 Å². The molecule has 1 fully saturated rings. The molecule has 8 heteroatoms. The average Bonchev–Trinajstić information content (AvgIpc) is 2.85. The summed E-state index contributed by atoms with van der Waals surface area (Å²) in [5, 5.41) is 22.9. The van der Waals surface area contributed by atoms with Crippen molar-refractivity contribution in [3.05, 3.63) is 16.1 Å². The zero-order valence-electron chi connectivity index (χ0n) is 11.8. The molecule has 0 saturated heterocycles. The SMILES string of the molecule is CN(CC1CC(O)C1)C(=O)NCCc1nc(C(=O)O)cs1. The number of nitrogens with zero attached hydrogens (tertiary/aromatic N) is 2. The second-order valence-electron chi connectivity index (χ2n) is 5.29. The number of carboxylic acids is 1. The van der Waals surface area contributed by atoms with Gasteiger partial charge in [-0.1, -0.05) is 0 Å². The van der Waals surface area contributed by atoms with Gasteiger partial charge in [0.1, 0.15) is 0 Å². The Bertz CT molecular complexity index is 513. The lowest BCUT2D eigenvalue weighted by atomic mass is 9.82. The molecule has 1 aromatic heterocycles. The van der Waals surface area contributed by atoms with Crippen LogP contribution in [0.15, 0.2) is 5.38 Å². The number of aromatic carboxylic acids is 1. The van der Waals surface area contributed by atoms with Crippen LogP contribution in [-0.4, -0.2) is 58.3 Å². The number of amides is 2. The molecule has 7 nitrogen and oxygen atoms in total. The Hall–Kier alpha value is -1.67. The number of aromatic nitrogens is 1. The summed E-state index contributed by atoms with van der Waals surface area (Å²) in [5.41, 5.74) is 0.0435. The van der Waals surface area contributed by atoms with Crippen LogP contribution < -0.4 is 5.32 Å². The van der Waals surface area contributed by atoms with Crippen LogP contribution >= 0.6 is 11.3 Å². The highest BCUT2D eigenvalue weighted by molar-refractivity contribution is 7.09. The molecule has 1 saturated carbocycles. The molecule has 1 aliphatic carbocycles. The van der Waals surface area contributed by atoms with E-state index in [-0.39, 0.29) is 17.8 Å². The van der Waals surface area contributed by atoms with Crippen LogP contribution in [0.3, 0.4) is 0 Å². The number of rotatable bonds is 6. The first-order chi connectivity index (χ1) is 9.95. The van der Waals surface area contributed by atoms with E-state index >= 15 is 0 Å². The van der Waals surface area contributed by atoms with Crippen LogP contribution in [0.25, 0.3) is 0 Å². The number of carboxylic acid groups (broad SMARTS) is 1. The normalized spacial score (nSPS) is 20.7. The smallest absolute Gasteiger partial charge is 0.355 e. The fourth-order valence-electron chi connectivity index (χ4n) is 2.26. The van der Waals surface area contributed by atoms with E-state index < -0.39 is 5.97 Å². The number of aliphatic hydroxyl groups is 1. The third-order valence-electron chi connectivity index (χ3n) is 3.48. The number of carbonyl (C=O) groups excluding carboxylic acids is 1. The molecule has 0 radical (unpaired) electrons. The van der Waals surface area contributed by atoms with Crippen molar-refractivity contribution < 1.29 is 19.8 Å². The lowest BCUT2D eigenvalue weighted by Crippen LogP contribution is -2.44. The Morgan fingerprint density at radius 1 is 1.52 bits per heavy atom. The van der Waals surface area contributed by atoms with Crippen molar-refractivity contribution in [1.29, 1.82) is 0 Å². The van der Waals surface area contributed by atoms with Crippen molar-refractivity contribution in [2.45, 2.75) is 25.4 Å². The zero-order chi connectivity index (χ0) is 15.4. The van der Waals surface area contributed by atoms with Gasteiger partial charge in [0.25, 0.3) is 0 Å². The zero-order valence-corrected chi connectivity index (χ0v) is 12.6. The first kappa shape index (κ1) is 15.7. The third-order valence-corrected chi connectivity index (χ3v) is 4.38. The summed E-state index contributed by atoms with van der Waals surface area (Å²) in [6, 6.07) is -0.161. The predicted molar refractivity (Wildman–Crippen MR) is 77.5 cm³/mol. The minimum atomic E-state index is -1.04. The van der Waals surface area contributed by atoms with Crippen molar-refractivity contribution in [1.82, 2.24) is 15.2 Å². The van der Waals surface area contributed by atoms with Crippen molar-refractivity contribution in [2.24, 2.45) is 5.92 Å². The molecule has 116 valence electrons. The molecule has 3 N–H and O–H groups in total. The molecular formula is C13H19N3O4S. The van der Waals surface area contributed by atoms with E-state index in [1.807, 2.05) is 0 Å². The van der Waals surface area contributed by atoms with E-state index in [2.05, 4.69) is 10.3 Å². The Balaban J connectivity index is 1.67. The lowest BCUT2D eigenvalue weighted by molar-refractivity contribution is 0.0325. The highest BCUT2D eigenvalue weighted by Gasteiger charge is 2.28. The van der Waals surface area contributed by atoms with Crippen LogP contribution in [0, 0.1) is 5.92 Å². The van der Waals surface area contributed by atoms with Crippen LogP contribution in [0.1, 0.15) is 28.3 Å². The Morgan fingerprint density at radius 2 is 2.24 bits per heavy atom. The quantitative estimate of drug-likeness (QED) is 0.721. The van der Waals surface area contributed by atoms with E-state index in [4.69, 9.17) is 5.11 Å². The highest BCUT2D eigenvalue weighted by atomic mass is 32.1. The number of carbonyl (C=O) groups is 2. The summed E-state index contributed by atoms with van der Waals surface area (Å²) in [5.74, 6) is -0.656. The van der Waals surface area contributed by atoms with Crippen molar-refractivity contribution >= 4 is 23.3 Å². The van der Waals surface area contributed by atoms with Gasteiger partial charge in [0.05, 0.1) is 11.1 Å². The lowest BCUT2D eigenvalue weighted by Gasteiger charge is -2.34. The fraction of sp³-hybridized carbons (Fsp3) is 0.615. The summed E-state index contributed by atoms with van der Waals surface area (Å²) in [6.45, 7) is 1.06. The van der Waals surface area contributed by atoms with Crippen molar-refractivity contribution in [3.63, 3.8) is 0 Å². The maximum absolute atomic E-state index is 11.8. The minimum absolute atomic E-state index is 0.0435. The molecule has 2 amide bonds. The fourth-order valence-corrected chi connectivity index (χ4v) is 3.03. The number of nitrogens with one attached hydrogen (secondary N) is 1. The molecule has 2 rings (SSSR count). The molecule has 0 bridgehead atoms. The second kappa shape index (κ2) is 6.86. The summed E-state index contributed by atoms with van der Waals surface area (Å²) >= 11 is 1.28. The van der Waals surface area contributed by atoms with Gasteiger partial charge in [0, 0.05) is 31.9 Å². The Labute approximate surface area is 126 Å². The van der Waals surface area contributed by atoms with Gasteiger partial charge in [0.15, 0.2) is 5.69 Å². The number of urea groups is 1. The standard InChI is InChI=1S/C13H19N3O4S/c1-16(6-8-4-9(17)5-8)13(20)14-3-2-11-15-10(7-21-11)12(18)19/h7-9,17H,2-6H2,1H3,(H,14,20)(H,18,19).